The second-order valence-corrected chi connectivity index (χ2v) is 7.92. The van der Waals surface area contributed by atoms with E-state index < -0.39 is 10.0 Å². The van der Waals surface area contributed by atoms with E-state index in [0.29, 0.717) is 11.6 Å². The lowest BCUT2D eigenvalue weighted by atomic mass is 10.0. The summed E-state index contributed by atoms with van der Waals surface area (Å²) in [5.74, 6) is -0.0154. The summed E-state index contributed by atoms with van der Waals surface area (Å²) in [6, 6.07) is 13.5. The second-order valence-electron chi connectivity index (χ2n) is 6.15. The molecule has 6 nitrogen and oxygen atoms in total. The maximum absolute atomic E-state index is 12.5. The van der Waals surface area contributed by atoms with E-state index >= 15 is 0 Å². The zero-order valence-electron chi connectivity index (χ0n) is 15.2. The molecule has 2 rings (SSSR count). The topological polar surface area (TPSA) is 84.5 Å². The summed E-state index contributed by atoms with van der Waals surface area (Å²) in [4.78, 5) is 12.5. The first-order valence-corrected chi connectivity index (χ1v) is 9.82. The van der Waals surface area contributed by atoms with Crippen molar-refractivity contribution in [1.82, 2.24) is 4.72 Å². The van der Waals surface area contributed by atoms with Gasteiger partial charge in [0.15, 0.2) is 0 Å². The van der Waals surface area contributed by atoms with Crippen molar-refractivity contribution < 1.29 is 17.9 Å². The van der Waals surface area contributed by atoms with Crippen LogP contribution >= 0.6 is 0 Å². The van der Waals surface area contributed by atoms with Gasteiger partial charge in [-0.3, -0.25) is 4.79 Å². The zero-order valence-corrected chi connectivity index (χ0v) is 16.0. The number of sulfonamides is 1. The number of hydrogen-bond acceptors (Lipinski definition) is 4. The number of carbonyl (C=O) groups is 1. The fourth-order valence-corrected chi connectivity index (χ4v) is 3.40. The number of carbonyl (C=O) groups excluding carboxylic acids is 1. The van der Waals surface area contributed by atoms with E-state index in [1.165, 1.54) is 19.2 Å². The highest BCUT2D eigenvalue weighted by Gasteiger charge is 2.16. The average molecular weight is 376 g/mol. The van der Waals surface area contributed by atoms with E-state index in [1.54, 1.807) is 18.2 Å². The maximum atomic E-state index is 12.5. The van der Waals surface area contributed by atoms with Gasteiger partial charge in [-0.1, -0.05) is 32.0 Å². The van der Waals surface area contributed by atoms with E-state index in [1.807, 2.05) is 18.2 Å². The summed E-state index contributed by atoms with van der Waals surface area (Å²) in [7, 11) is -2.20. The van der Waals surface area contributed by atoms with Crippen molar-refractivity contribution in [2.45, 2.75) is 24.7 Å². The molecule has 0 aliphatic rings. The van der Waals surface area contributed by atoms with Crippen molar-refractivity contribution in [3.63, 3.8) is 0 Å². The van der Waals surface area contributed by atoms with Gasteiger partial charge in [0.05, 0.1) is 11.5 Å². The van der Waals surface area contributed by atoms with E-state index in [2.05, 4.69) is 23.9 Å². The SMILES string of the molecule is COCCNS(=O)(=O)c1cccc(C(=O)Nc2cccc(C(C)C)c2)c1. The van der Waals surface area contributed by atoms with E-state index in [9.17, 15) is 13.2 Å². The van der Waals surface area contributed by atoms with Gasteiger partial charge in [0.1, 0.15) is 0 Å². The molecule has 0 aromatic heterocycles. The molecular formula is C19H24N2O4S. The molecule has 7 heteroatoms. The van der Waals surface area contributed by atoms with Gasteiger partial charge in [-0.05, 0) is 41.8 Å². The fraction of sp³-hybridized carbons (Fsp3) is 0.316. The molecule has 0 unspecified atom stereocenters. The second kappa shape index (κ2) is 8.93. The van der Waals surface area contributed by atoms with Gasteiger partial charge in [-0.15, -0.1) is 0 Å². The predicted molar refractivity (Wildman–Crippen MR) is 102 cm³/mol. The summed E-state index contributed by atoms with van der Waals surface area (Å²) in [5.41, 5.74) is 2.06. The van der Waals surface area contributed by atoms with Gasteiger partial charge in [-0.2, -0.15) is 0 Å². The molecule has 0 radical (unpaired) electrons. The number of nitrogens with one attached hydrogen (secondary N) is 2. The Morgan fingerprint density at radius 2 is 1.85 bits per heavy atom. The Kier molecular flexibility index (Phi) is 6.90. The molecule has 0 bridgehead atoms. The molecule has 0 aliphatic heterocycles. The van der Waals surface area contributed by atoms with Gasteiger partial charge >= 0.3 is 0 Å². The van der Waals surface area contributed by atoms with Crippen molar-refractivity contribution in [2.24, 2.45) is 0 Å². The third-order valence-electron chi connectivity index (χ3n) is 3.82. The summed E-state index contributed by atoms with van der Waals surface area (Å²) in [6.45, 7) is 4.58. The van der Waals surface area contributed by atoms with Gasteiger partial charge in [0, 0.05) is 24.9 Å². The number of ether oxygens (including phenoxy) is 1. The summed E-state index contributed by atoms with van der Waals surface area (Å²) in [5, 5.41) is 2.81. The number of rotatable bonds is 8. The number of methoxy groups -OCH3 is 1. The first-order valence-electron chi connectivity index (χ1n) is 8.33. The molecule has 0 aliphatic carbocycles. The molecule has 0 saturated heterocycles. The zero-order chi connectivity index (χ0) is 19.2. The Bertz CT molecular complexity index is 863. The molecule has 0 heterocycles. The highest BCUT2D eigenvalue weighted by Crippen LogP contribution is 2.19. The quantitative estimate of drug-likeness (QED) is 0.694. The lowest BCUT2D eigenvalue weighted by molar-refractivity contribution is 0.102. The number of anilines is 1. The third kappa shape index (κ3) is 5.39. The molecule has 0 fully saturated rings. The molecule has 2 N–H and O–H groups in total. The van der Waals surface area contributed by atoms with Crippen LogP contribution in [-0.4, -0.2) is 34.6 Å². The van der Waals surface area contributed by atoms with Crippen LogP contribution in [0.4, 0.5) is 5.69 Å². The summed E-state index contributed by atoms with van der Waals surface area (Å²) < 4.78 is 31.8. The normalized spacial score (nSPS) is 11.5. The largest absolute Gasteiger partial charge is 0.383 e. The first-order chi connectivity index (χ1) is 12.3. The number of hydrogen-bond donors (Lipinski definition) is 2. The number of benzene rings is 2. The monoisotopic (exact) mass is 376 g/mol. The summed E-state index contributed by atoms with van der Waals surface area (Å²) in [6.07, 6.45) is 0. The molecule has 26 heavy (non-hydrogen) atoms. The van der Waals surface area contributed by atoms with Crippen LogP contribution in [0.15, 0.2) is 53.4 Å². The highest BCUT2D eigenvalue weighted by molar-refractivity contribution is 7.89. The standard InChI is InChI=1S/C19H24N2O4S/c1-14(2)15-6-4-8-17(12-15)21-19(22)16-7-5-9-18(13-16)26(23,24)20-10-11-25-3/h4-9,12-14,20H,10-11H2,1-3H3,(H,21,22). The Labute approximate surface area is 154 Å². The third-order valence-corrected chi connectivity index (χ3v) is 5.27. The van der Waals surface area contributed by atoms with Gasteiger partial charge < -0.3 is 10.1 Å². The van der Waals surface area contributed by atoms with Crippen LogP contribution < -0.4 is 10.0 Å². The minimum Gasteiger partial charge on any atom is -0.383 e. The molecule has 2 aromatic rings. The van der Waals surface area contributed by atoms with Gasteiger partial charge in [0.25, 0.3) is 5.91 Å². The maximum Gasteiger partial charge on any atom is 0.255 e. The van der Waals surface area contributed by atoms with Crippen LogP contribution in [0.5, 0.6) is 0 Å². The Morgan fingerprint density at radius 1 is 1.12 bits per heavy atom. The molecule has 0 spiro atoms. The highest BCUT2D eigenvalue weighted by atomic mass is 32.2. The van der Waals surface area contributed by atoms with Crippen LogP contribution in [0.2, 0.25) is 0 Å². The van der Waals surface area contributed by atoms with Crippen LogP contribution in [0.3, 0.4) is 0 Å². The Hall–Kier alpha value is -2.22. The Morgan fingerprint density at radius 3 is 2.54 bits per heavy atom. The van der Waals surface area contributed by atoms with Crippen LogP contribution in [-0.2, 0) is 14.8 Å². The lowest BCUT2D eigenvalue weighted by Crippen LogP contribution is -2.27. The van der Waals surface area contributed by atoms with E-state index in [-0.39, 0.29) is 29.5 Å². The molecular weight excluding hydrogens is 352 g/mol. The molecule has 1 amide bonds. The van der Waals surface area contributed by atoms with Crippen molar-refractivity contribution in [1.29, 1.82) is 0 Å². The Balaban J connectivity index is 2.16. The lowest BCUT2D eigenvalue weighted by Gasteiger charge is -2.11. The molecule has 140 valence electrons. The minimum atomic E-state index is -3.69. The smallest absolute Gasteiger partial charge is 0.255 e. The van der Waals surface area contributed by atoms with Crippen LogP contribution in [0.25, 0.3) is 0 Å². The summed E-state index contributed by atoms with van der Waals surface area (Å²) >= 11 is 0. The van der Waals surface area contributed by atoms with Crippen LogP contribution in [0, 0.1) is 0 Å². The average Bonchev–Trinajstić information content (AvgIpc) is 2.62. The van der Waals surface area contributed by atoms with Crippen molar-refractivity contribution in [2.75, 3.05) is 25.6 Å². The van der Waals surface area contributed by atoms with Crippen molar-refractivity contribution >= 4 is 21.6 Å². The van der Waals surface area contributed by atoms with E-state index in [0.717, 1.165) is 5.56 Å². The first kappa shape index (κ1) is 20.1. The van der Waals surface area contributed by atoms with Gasteiger partial charge in [-0.25, -0.2) is 13.1 Å². The molecule has 0 saturated carbocycles. The van der Waals surface area contributed by atoms with E-state index in [4.69, 9.17) is 4.74 Å². The minimum absolute atomic E-state index is 0.0391. The van der Waals surface area contributed by atoms with Gasteiger partial charge in [0.2, 0.25) is 10.0 Å². The molecule has 2 aromatic carbocycles. The van der Waals surface area contributed by atoms with Crippen LogP contribution in [0.1, 0.15) is 35.7 Å². The van der Waals surface area contributed by atoms with Crippen molar-refractivity contribution in [3.8, 4) is 0 Å². The predicted octanol–water partition coefficient (Wildman–Crippen LogP) is 2.99. The molecule has 0 atom stereocenters. The number of amides is 1. The fourth-order valence-electron chi connectivity index (χ4n) is 2.34. The van der Waals surface area contributed by atoms with Crippen molar-refractivity contribution in [3.05, 3.63) is 59.7 Å².